The summed E-state index contributed by atoms with van der Waals surface area (Å²) in [7, 11) is 0. The second kappa shape index (κ2) is 8.24. The third-order valence-corrected chi connectivity index (χ3v) is 4.67. The third kappa shape index (κ3) is 4.10. The fourth-order valence-corrected chi connectivity index (χ4v) is 3.04. The Bertz CT molecular complexity index is 1100. The van der Waals surface area contributed by atoms with Crippen molar-refractivity contribution in [2.75, 3.05) is 12.1 Å². The third-order valence-electron chi connectivity index (χ3n) is 4.67. The van der Waals surface area contributed by atoms with E-state index < -0.39 is 18.0 Å². The number of hydrogen-bond acceptors (Lipinski definition) is 6. The number of aryl methyl sites for hydroxylation is 1. The maximum atomic E-state index is 12.6. The number of ether oxygens (including phenoxy) is 3. The molecule has 3 aromatic rings. The number of esters is 1. The minimum Gasteiger partial charge on any atom is -0.454 e. The van der Waals surface area contributed by atoms with Gasteiger partial charge in [0, 0.05) is 17.3 Å². The van der Waals surface area contributed by atoms with Crippen LogP contribution in [0.4, 0.5) is 5.69 Å². The van der Waals surface area contributed by atoms with Gasteiger partial charge in [0.05, 0.1) is 17.0 Å². The van der Waals surface area contributed by atoms with Crippen molar-refractivity contribution in [3.05, 3.63) is 71.9 Å². The van der Waals surface area contributed by atoms with Crippen LogP contribution in [0.3, 0.4) is 0 Å². The summed E-state index contributed by atoms with van der Waals surface area (Å²) in [5.74, 6) is 0.119. The van der Waals surface area contributed by atoms with Crippen molar-refractivity contribution >= 4 is 17.6 Å². The van der Waals surface area contributed by atoms with E-state index in [2.05, 4.69) is 10.3 Å². The molecule has 4 rings (SSSR count). The van der Waals surface area contributed by atoms with Gasteiger partial charge < -0.3 is 19.5 Å². The molecule has 7 heteroatoms. The van der Waals surface area contributed by atoms with Crippen LogP contribution >= 0.6 is 0 Å². The van der Waals surface area contributed by atoms with E-state index in [1.165, 1.54) is 6.92 Å². The van der Waals surface area contributed by atoms with E-state index in [0.717, 1.165) is 11.3 Å². The van der Waals surface area contributed by atoms with Gasteiger partial charge in [0.1, 0.15) is 0 Å². The van der Waals surface area contributed by atoms with Crippen LogP contribution in [0.2, 0.25) is 0 Å². The molecule has 1 unspecified atom stereocenters. The average Bonchev–Trinajstić information content (AvgIpc) is 3.22. The van der Waals surface area contributed by atoms with E-state index in [9.17, 15) is 9.59 Å². The minimum absolute atomic E-state index is 0.150. The van der Waals surface area contributed by atoms with Crippen molar-refractivity contribution in [2.45, 2.75) is 20.0 Å². The van der Waals surface area contributed by atoms with E-state index in [-0.39, 0.29) is 6.79 Å². The van der Waals surface area contributed by atoms with E-state index in [1.807, 2.05) is 30.3 Å². The van der Waals surface area contributed by atoms with Gasteiger partial charge in [-0.3, -0.25) is 9.78 Å². The number of amides is 1. The Kier molecular flexibility index (Phi) is 5.34. The lowest BCUT2D eigenvalue weighted by Crippen LogP contribution is -2.30. The summed E-state index contributed by atoms with van der Waals surface area (Å²) >= 11 is 0. The molecule has 0 fully saturated rings. The first-order valence-corrected chi connectivity index (χ1v) is 9.46. The van der Waals surface area contributed by atoms with E-state index in [4.69, 9.17) is 14.2 Å². The number of carbonyl (C=O) groups excluding carboxylic acids is 2. The van der Waals surface area contributed by atoms with Crippen LogP contribution in [0.1, 0.15) is 23.0 Å². The standard InChI is InChI=1S/C23H20N2O5/c1-14-18(9-10-19(24-14)16-6-4-3-5-7-16)23(27)30-15(2)22(26)25-17-8-11-20-21(12-17)29-13-28-20/h3-12,15H,13H2,1-2H3,(H,25,26). The van der Waals surface area contributed by atoms with Gasteiger partial charge in [0.15, 0.2) is 17.6 Å². The fourth-order valence-electron chi connectivity index (χ4n) is 3.04. The molecule has 152 valence electrons. The van der Waals surface area contributed by atoms with Crippen LogP contribution in [0.25, 0.3) is 11.3 Å². The van der Waals surface area contributed by atoms with Gasteiger partial charge in [-0.15, -0.1) is 0 Å². The summed E-state index contributed by atoms with van der Waals surface area (Å²) in [6, 6.07) is 18.2. The van der Waals surface area contributed by atoms with E-state index in [1.54, 1.807) is 37.3 Å². The van der Waals surface area contributed by atoms with Crippen LogP contribution in [-0.2, 0) is 9.53 Å². The first-order valence-electron chi connectivity index (χ1n) is 9.46. The molecule has 1 aromatic heterocycles. The normalized spacial score (nSPS) is 12.9. The summed E-state index contributed by atoms with van der Waals surface area (Å²) in [6.07, 6.45) is -0.990. The average molecular weight is 404 g/mol. The largest absolute Gasteiger partial charge is 0.454 e. The number of hydrogen-bond donors (Lipinski definition) is 1. The van der Waals surface area contributed by atoms with E-state index >= 15 is 0 Å². The highest BCUT2D eigenvalue weighted by molar-refractivity contribution is 5.98. The van der Waals surface area contributed by atoms with Crippen LogP contribution in [0, 0.1) is 6.92 Å². The molecule has 0 bridgehead atoms. The maximum absolute atomic E-state index is 12.6. The monoisotopic (exact) mass is 404 g/mol. The Balaban J connectivity index is 1.41. The van der Waals surface area contributed by atoms with Gasteiger partial charge in [0.25, 0.3) is 5.91 Å². The van der Waals surface area contributed by atoms with Gasteiger partial charge in [-0.1, -0.05) is 30.3 Å². The van der Waals surface area contributed by atoms with Gasteiger partial charge >= 0.3 is 5.97 Å². The van der Waals surface area contributed by atoms with Gasteiger partial charge in [0.2, 0.25) is 6.79 Å². The summed E-state index contributed by atoms with van der Waals surface area (Å²) in [4.78, 5) is 29.5. The lowest BCUT2D eigenvalue weighted by Gasteiger charge is -2.15. The Hall–Kier alpha value is -3.87. The van der Waals surface area contributed by atoms with Crippen LogP contribution < -0.4 is 14.8 Å². The number of nitrogens with one attached hydrogen (secondary N) is 1. The Morgan fingerprint density at radius 2 is 1.80 bits per heavy atom. The molecule has 1 N–H and O–H groups in total. The minimum atomic E-state index is -0.990. The summed E-state index contributed by atoms with van der Waals surface area (Å²) < 4.78 is 15.9. The number of aromatic nitrogens is 1. The zero-order valence-corrected chi connectivity index (χ0v) is 16.5. The second-order valence-corrected chi connectivity index (χ2v) is 6.80. The molecule has 1 amide bonds. The molecule has 2 aromatic carbocycles. The van der Waals surface area contributed by atoms with E-state index in [0.29, 0.717) is 28.4 Å². The van der Waals surface area contributed by atoms with Crippen LogP contribution in [-0.4, -0.2) is 29.8 Å². The maximum Gasteiger partial charge on any atom is 0.340 e. The zero-order chi connectivity index (χ0) is 21.1. The first-order chi connectivity index (χ1) is 14.5. The molecule has 0 radical (unpaired) electrons. The number of pyridine rings is 1. The highest BCUT2D eigenvalue weighted by Crippen LogP contribution is 2.34. The number of carbonyl (C=O) groups is 2. The Labute approximate surface area is 173 Å². The van der Waals surface area contributed by atoms with Crippen molar-refractivity contribution in [2.24, 2.45) is 0 Å². The van der Waals surface area contributed by atoms with Crippen molar-refractivity contribution in [1.82, 2.24) is 4.98 Å². The molecule has 1 atom stereocenters. The molecule has 30 heavy (non-hydrogen) atoms. The zero-order valence-electron chi connectivity index (χ0n) is 16.5. The lowest BCUT2D eigenvalue weighted by molar-refractivity contribution is -0.123. The predicted molar refractivity (Wildman–Crippen MR) is 110 cm³/mol. The highest BCUT2D eigenvalue weighted by atomic mass is 16.7. The molecule has 0 aliphatic carbocycles. The molecule has 7 nitrogen and oxygen atoms in total. The van der Waals surface area contributed by atoms with Crippen molar-refractivity contribution in [1.29, 1.82) is 0 Å². The first kappa shape index (κ1) is 19.4. The van der Waals surface area contributed by atoms with Crippen molar-refractivity contribution < 1.29 is 23.8 Å². The van der Waals surface area contributed by atoms with Gasteiger partial charge in [-0.2, -0.15) is 0 Å². The Morgan fingerprint density at radius 1 is 1.03 bits per heavy atom. The summed E-state index contributed by atoms with van der Waals surface area (Å²) in [6.45, 7) is 3.40. The fraction of sp³-hybridized carbons (Fsp3) is 0.174. The molecule has 1 aliphatic heterocycles. The molecular weight excluding hydrogens is 384 g/mol. The number of nitrogens with zero attached hydrogens (tertiary/aromatic N) is 1. The van der Waals surface area contributed by atoms with Crippen LogP contribution in [0.5, 0.6) is 11.5 Å². The SMILES string of the molecule is Cc1nc(-c2ccccc2)ccc1C(=O)OC(C)C(=O)Nc1ccc2c(c1)OCO2. The number of benzene rings is 2. The molecule has 0 saturated carbocycles. The van der Waals surface area contributed by atoms with Crippen molar-refractivity contribution in [3.63, 3.8) is 0 Å². The smallest absolute Gasteiger partial charge is 0.340 e. The quantitative estimate of drug-likeness (QED) is 0.648. The molecule has 1 aliphatic rings. The predicted octanol–water partition coefficient (Wildman–Crippen LogP) is 3.97. The summed E-state index contributed by atoms with van der Waals surface area (Å²) in [5, 5.41) is 2.71. The molecule has 0 saturated heterocycles. The number of fused-ring (bicyclic) bond motifs is 1. The van der Waals surface area contributed by atoms with Crippen molar-refractivity contribution in [3.8, 4) is 22.8 Å². The summed E-state index contributed by atoms with van der Waals surface area (Å²) in [5.41, 5.74) is 3.09. The molecule has 0 spiro atoms. The lowest BCUT2D eigenvalue weighted by atomic mass is 10.1. The van der Waals surface area contributed by atoms with Crippen LogP contribution in [0.15, 0.2) is 60.7 Å². The Morgan fingerprint density at radius 3 is 2.57 bits per heavy atom. The molecule has 2 heterocycles. The highest BCUT2D eigenvalue weighted by Gasteiger charge is 2.22. The molecular formula is C23H20N2O5. The second-order valence-electron chi connectivity index (χ2n) is 6.80. The van der Waals surface area contributed by atoms with Gasteiger partial charge in [-0.25, -0.2) is 4.79 Å². The van der Waals surface area contributed by atoms with Gasteiger partial charge in [-0.05, 0) is 38.1 Å². The number of rotatable bonds is 5. The number of anilines is 1. The topological polar surface area (TPSA) is 86.8 Å².